The average Bonchev–Trinajstić information content (AvgIpc) is 3.09. The monoisotopic (exact) mass is 615 g/mol. The molecule has 2 aliphatic rings. The Balaban J connectivity index is 1.31. The summed E-state index contributed by atoms with van der Waals surface area (Å²) < 4.78 is 23.2. The van der Waals surface area contributed by atoms with Gasteiger partial charge >= 0.3 is 5.97 Å². The molecule has 1 aliphatic carbocycles. The van der Waals surface area contributed by atoms with E-state index in [1.165, 1.54) is 0 Å². The average molecular weight is 616 g/mol. The molecule has 0 amide bonds. The molecule has 1 N–H and O–H groups in total. The lowest BCUT2D eigenvalue weighted by molar-refractivity contribution is -0.140. The smallest absolute Gasteiger partial charge is 0.336 e. The number of esters is 1. The Labute approximate surface area is 269 Å². The van der Waals surface area contributed by atoms with Crippen molar-refractivity contribution in [1.29, 1.82) is 0 Å². The second-order valence-corrected chi connectivity index (χ2v) is 11.4. The molecule has 0 unspecified atom stereocenters. The SMILES string of the molecule is COc1ccc([C@@H]2CC(=O)C3=C(C2)NC(C)=C(C(=O)OCCOc2ccccc2)[C@H]3c2ccccc2OCc2ccccc2)cc1. The summed E-state index contributed by atoms with van der Waals surface area (Å²) in [6.45, 7) is 2.47. The van der Waals surface area contributed by atoms with Crippen molar-refractivity contribution < 1.29 is 28.5 Å². The fourth-order valence-electron chi connectivity index (χ4n) is 6.21. The van der Waals surface area contributed by atoms with Gasteiger partial charge in [-0.1, -0.05) is 78.9 Å². The first-order valence-corrected chi connectivity index (χ1v) is 15.5. The fourth-order valence-corrected chi connectivity index (χ4v) is 6.21. The minimum absolute atomic E-state index is 0.00804. The number of hydrogen-bond donors (Lipinski definition) is 1. The predicted molar refractivity (Wildman–Crippen MR) is 176 cm³/mol. The van der Waals surface area contributed by atoms with E-state index in [4.69, 9.17) is 18.9 Å². The lowest BCUT2D eigenvalue weighted by Crippen LogP contribution is -2.36. The quantitative estimate of drug-likeness (QED) is 0.141. The molecule has 0 aromatic heterocycles. The summed E-state index contributed by atoms with van der Waals surface area (Å²) in [5.41, 5.74) is 5.28. The van der Waals surface area contributed by atoms with Gasteiger partial charge in [0.25, 0.3) is 0 Å². The van der Waals surface area contributed by atoms with Crippen LogP contribution < -0.4 is 19.5 Å². The van der Waals surface area contributed by atoms with Crippen molar-refractivity contribution in [1.82, 2.24) is 5.32 Å². The molecule has 0 bridgehead atoms. The number of carbonyl (C=O) groups is 2. The van der Waals surface area contributed by atoms with E-state index in [2.05, 4.69) is 5.32 Å². The molecule has 0 spiro atoms. The Kier molecular flexibility index (Phi) is 9.48. The summed E-state index contributed by atoms with van der Waals surface area (Å²) >= 11 is 0. The third-order valence-electron chi connectivity index (χ3n) is 8.43. The van der Waals surface area contributed by atoms with Gasteiger partial charge in [-0.05, 0) is 60.7 Å². The second-order valence-electron chi connectivity index (χ2n) is 11.4. The summed E-state index contributed by atoms with van der Waals surface area (Å²) in [7, 11) is 1.64. The molecular formula is C39H37NO6. The number of ether oxygens (including phenoxy) is 4. The molecule has 234 valence electrons. The van der Waals surface area contributed by atoms with E-state index in [0.717, 1.165) is 28.1 Å². The van der Waals surface area contributed by atoms with Crippen molar-refractivity contribution in [3.8, 4) is 17.2 Å². The maximum absolute atomic E-state index is 14.1. The summed E-state index contributed by atoms with van der Waals surface area (Å²) in [6, 6.07) is 34.8. The Bertz CT molecular complexity index is 1740. The molecule has 46 heavy (non-hydrogen) atoms. The number of carbonyl (C=O) groups excluding carboxylic acids is 2. The van der Waals surface area contributed by atoms with E-state index in [1.807, 2.05) is 116 Å². The van der Waals surface area contributed by atoms with Gasteiger partial charge in [0.2, 0.25) is 0 Å². The van der Waals surface area contributed by atoms with E-state index >= 15 is 0 Å². The Morgan fingerprint density at radius 2 is 1.48 bits per heavy atom. The first-order valence-electron chi connectivity index (χ1n) is 15.5. The minimum atomic E-state index is -0.657. The lowest BCUT2D eigenvalue weighted by atomic mass is 9.71. The second kappa shape index (κ2) is 14.2. The number of rotatable bonds is 11. The summed E-state index contributed by atoms with van der Waals surface area (Å²) in [4.78, 5) is 28.0. The zero-order valence-corrected chi connectivity index (χ0v) is 26.0. The van der Waals surface area contributed by atoms with Crippen molar-refractivity contribution in [2.45, 2.75) is 38.2 Å². The van der Waals surface area contributed by atoms with E-state index in [9.17, 15) is 9.59 Å². The number of dihydropyridines is 1. The van der Waals surface area contributed by atoms with Crippen LogP contribution in [-0.2, 0) is 20.9 Å². The first-order chi connectivity index (χ1) is 22.5. The van der Waals surface area contributed by atoms with Gasteiger partial charge in [-0.25, -0.2) is 4.79 Å². The maximum atomic E-state index is 14.1. The lowest BCUT2D eigenvalue weighted by Gasteiger charge is -2.37. The van der Waals surface area contributed by atoms with Gasteiger partial charge in [-0.3, -0.25) is 4.79 Å². The summed E-state index contributed by atoms with van der Waals surface area (Å²) in [5.74, 6) is 0.903. The van der Waals surface area contributed by atoms with Gasteiger partial charge in [0.05, 0.1) is 18.6 Å². The van der Waals surface area contributed by atoms with Crippen LogP contribution in [-0.4, -0.2) is 32.1 Å². The van der Waals surface area contributed by atoms with Gasteiger partial charge < -0.3 is 24.3 Å². The fraction of sp³-hybridized carbons (Fsp3) is 0.231. The molecule has 4 aromatic rings. The van der Waals surface area contributed by atoms with Crippen LogP contribution in [0.1, 0.15) is 48.3 Å². The van der Waals surface area contributed by atoms with E-state index in [1.54, 1.807) is 7.11 Å². The molecule has 7 heteroatoms. The van der Waals surface area contributed by atoms with E-state index < -0.39 is 11.9 Å². The molecule has 1 aliphatic heterocycles. The van der Waals surface area contributed by atoms with Gasteiger partial charge in [0, 0.05) is 29.0 Å². The number of methoxy groups -OCH3 is 1. The topological polar surface area (TPSA) is 83.1 Å². The van der Waals surface area contributed by atoms with Crippen LogP contribution in [0.25, 0.3) is 0 Å². The Hall–Kier alpha value is -5.30. The van der Waals surface area contributed by atoms with Crippen LogP contribution in [0.5, 0.6) is 17.2 Å². The molecule has 0 saturated carbocycles. The minimum Gasteiger partial charge on any atom is -0.497 e. The van der Waals surface area contributed by atoms with E-state index in [0.29, 0.717) is 47.8 Å². The molecule has 0 fully saturated rings. The number of hydrogen-bond acceptors (Lipinski definition) is 7. The van der Waals surface area contributed by atoms with Gasteiger partial charge in [-0.15, -0.1) is 0 Å². The molecule has 2 atom stereocenters. The zero-order chi connectivity index (χ0) is 31.9. The Morgan fingerprint density at radius 3 is 2.22 bits per heavy atom. The number of ketones is 1. The van der Waals surface area contributed by atoms with Crippen molar-refractivity contribution in [3.05, 3.63) is 148 Å². The van der Waals surface area contributed by atoms with Crippen LogP contribution in [0.15, 0.2) is 132 Å². The van der Waals surface area contributed by atoms with Gasteiger partial charge in [0.1, 0.15) is 37.1 Å². The standard InChI is InChI=1S/C39H37NO6/c1-26-36(39(42)45-22-21-44-31-13-7-4-8-14-31)37(32-15-9-10-16-35(32)46-25-27-11-5-3-6-12-27)38-33(40-26)23-29(24-34(38)41)28-17-19-30(43-2)20-18-28/h3-20,29,37,40H,21-25H2,1-2H3/t29-,37+/m0/s1. The number of para-hydroxylation sites is 2. The highest BCUT2D eigenvalue weighted by Gasteiger charge is 2.42. The number of allylic oxidation sites excluding steroid dienone is 3. The normalized spacial score (nSPS) is 17.6. The highest BCUT2D eigenvalue weighted by atomic mass is 16.6. The third-order valence-corrected chi connectivity index (χ3v) is 8.43. The first kappa shape index (κ1) is 30.7. The number of benzene rings is 4. The molecular weight excluding hydrogens is 578 g/mol. The number of Topliss-reactive ketones (excluding diaryl/α,β-unsaturated/α-hetero) is 1. The van der Waals surface area contributed by atoms with Crippen molar-refractivity contribution in [2.75, 3.05) is 20.3 Å². The molecule has 0 radical (unpaired) electrons. The van der Waals surface area contributed by atoms with Crippen molar-refractivity contribution in [2.24, 2.45) is 0 Å². The van der Waals surface area contributed by atoms with Crippen LogP contribution in [0.3, 0.4) is 0 Å². The summed E-state index contributed by atoms with van der Waals surface area (Å²) in [6.07, 6.45) is 0.949. The van der Waals surface area contributed by atoms with Crippen molar-refractivity contribution >= 4 is 11.8 Å². The molecule has 0 saturated heterocycles. The number of nitrogens with one attached hydrogen (secondary N) is 1. The largest absolute Gasteiger partial charge is 0.497 e. The molecule has 6 rings (SSSR count). The summed E-state index contributed by atoms with van der Waals surface area (Å²) in [5, 5.41) is 3.44. The maximum Gasteiger partial charge on any atom is 0.336 e. The van der Waals surface area contributed by atoms with Crippen LogP contribution >= 0.6 is 0 Å². The van der Waals surface area contributed by atoms with Crippen LogP contribution in [0, 0.1) is 0 Å². The van der Waals surface area contributed by atoms with E-state index in [-0.39, 0.29) is 24.9 Å². The zero-order valence-electron chi connectivity index (χ0n) is 26.0. The van der Waals surface area contributed by atoms with Crippen LogP contribution in [0.2, 0.25) is 0 Å². The van der Waals surface area contributed by atoms with Gasteiger partial charge in [-0.2, -0.15) is 0 Å². The molecule has 4 aromatic carbocycles. The molecule has 1 heterocycles. The predicted octanol–water partition coefficient (Wildman–Crippen LogP) is 7.26. The van der Waals surface area contributed by atoms with Crippen LogP contribution in [0.4, 0.5) is 0 Å². The Morgan fingerprint density at radius 1 is 0.783 bits per heavy atom. The van der Waals surface area contributed by atoms with Crippen molar-refractivity contribution in [3.63, 3.8) is 0 Å². The van der Waals surface area contributed by atoms with Gasteiger partial charge in [0.15, 0.2) is 5.78 Å². The molecule has 7 nitrogen and oxygen atoms in total. The highest BCUT2D eigenvalue weighted by molar-refractivity contribution is 6.04. The highest BCUT2D eigenvalue weighted by Crippen LogP contribution is 2.48. The third kappa shape index (κ3) is 6.84.